The Labute approximate surface area is 74.0 Å². The molecule has 0 aromatic rings. The van der Waals surface area contributed by atoms with E-state index in [9.17, 15) is 5.11 Å². The van der Waals surface area contributed by atoms with Crippen LogP contribution in [0.25, 0.3) is 0 Å². The number of hydrogen-bond acceptors (Lipinski definition) is 4. The summed E-state index contributed by atoms with van der Waals surface area (Å²) in [7, 11) is 3.96. The van der Waals surface area contributed by atoms with Gasteiger partial charge in [0.2, 0.25) is 0 Å². The monoisotopic (exact) mass is 176 g/mol. The fourth-order valence-electron chi connectivity index (χ4n) is 0.966. The Balaban J connectivity index is 3.37. The molecule has 74 valence electrons. The zero-order valence-electron chi connectivity index (χ0n) is 7.90. The van der Waals surface area contributed by atoms with Gasteiger partial charge in [0.1, 0.15) is 0 Å². The van der Waals surface area contributed by atoms with Crippen LogP contribution in [-0.4, -0.2) is 54.5 Å². The molecule has 0 amide bonds. The number of nitrogens with zero attached hydrogens (tertiary/aromatic N) is 1. The van der Waals surface area contributed by atoms with Gasteiger partial charge in [-0.3, -0.25) is 0 Å². The first-order valence-corrected chi connectivity index (χ1v) is 4.29. The molecule has 4 heteroatoms. The Morgan fingerprint density at radius 1 is 1.25 bits per heavy atom. The van der Waals surface area contributed by atoms with E-state index in [0.717, 1.165) is 13.0 Å². The van der Waals surface area contributed by atoms with Crippen molar-refractivity contribution in [2.75, 3.05) is 27.2 Å². The Morgan fingerprint density at radius 3 is 2.25 bits per heavy atom. The zero-order chi connectivity index (χ0) is 9.56. The molecule has 0 radical (unpaired) electrons. The van der Waals surface area contributed by atoms with Crippen molar-refractivity contribution in [3.8, 4) is 0 Å². The molecule has 0 heterocycles. The van der Waals surface area contributed by atoms with Crippen LogP contribution < -0.4 is 5.73 Å². The van der Waals surface area contributed by atoms with Gasteiger partial charge in [-0.1, -0.05) is 0 Å². The standard InChI is InChI=1S/C8H20N2O2/c1-10(2)5-3-4-7(11)8(12)6-9/h7-8,11-12H,3-6,9H2,1-2H3. The normalized spacial score (nSPS) is 16.5. The molecule has 4 N–H and O–H groups in total. The largest absolute Gasteiger partial charge is 0.390 e. The number of hydrogen-bond donors (Lipinski definition) is 3. The van der Waals surface area contributed by atoms with E-state index in [1.165, 1.54) is 0 Å². The molecule has 0 aliphatic heterocycles. The average Bonchev–Trinajstić information content (AvgIpc) is 2.02. The minimum atomic E-state index is -0.771. The van der Waals surface area contributed by atoms with Gasteiger partial charge in [0.05, 0.1) is 12.2 Å². The topological polar surface area (TPSA) is 69.7 Å². The highest BCUT2D eigenvalue weighted by Crippen LogP contribution is 2.01. The molecule has 0 aliphatic carbocycles. The van der Waals surface area contributed by atoms with Crippen LogP contribution in [-0.2, 0) is 0 Å². The summed E-state index contributed by atoms with van der Waals surface area (Å²) in [5.74, 6) is 0. The van der Waals surface area contributed by atoms with Crippen molar-refractivity contribution < 1.29 is 10.2 Å². The fraction of sp³-hybridized carbons (Fsp3) is 1.00. The van der Waals surface area contributed by atoms with Crippen LogP contribution in [0.3, 0.4) is 0 Å². The molecular weight excluding hydrogens is 156 g/mol. The second-order valence-corrected chi connectivity index (χ2v) is 3.32. The lowest BCUT2D eigenvalue weighted by Crippen LogP contribution is -2.33. The minimum absolute atomic E-state index is 0.128. The molecule has 0 bridgehead atoms. The number of nitrogens with two attached hydrogens (primary N) is 1. The van der Waals surface area contributed by atoms with Crippen molar-refractivity contribution in [1.82, 2.24) is 4.90 Å². The van der Waals surface area contributed by atoms with E-state index in [1.807, 2.05) is 19.0 Å². The maximum atomic E-state index is 9.28. The Hall–Kier alpha value is -0.160. The van der Waals surface area contributed by atoms with E-state index >= 15 is 0 Å². The van der Waals surface area contributed by atoms with Gasteiger partial charge in [-0.2, -0.15) is 0 Å². The summed E-state index contributed by atoms with van der Waals surface area (Å²) < 4.78 is 0. The Bertz CT molecular complexity index is 109. The highest BCUT2D eigenvalue weighted by atomic mass is 16.3. The number of aliphatic hydroxyl groups is 2. The summed E-state index contributed by atoms with van der Waals surface area (Å²) >= 11 is 0. The molecule has 0 saturated carbocycles. The van der Waals surface area contributed by atoms with Gasteiger partial charge < -0.3 is 20.8 Å². The summed E-state index contributed by atoms with van der Waals surface area (Å²) in [5.41, 5.74) is 5.18. The molecule has 2 unspecified atom stereocenters. The Kier molecular flexibility index (Phi) is 6.28. The van der Waals surface area contributed by atoms with Gasteiger partial charge in [0.25, 0.3) is 0 Å². The quantitative estimate of drug-likeness (QED) is 0.486. The van der Waals surface area contributed by atoms with Crippen LogP contribution in [0, 0.1) is 0 Å². The first kappa shape index (κ1) is 11.8. The average molecular weight is 176 g/mol. The molecule has 0 aliphatic rings. The molecule has 0 spiro atoms. The van der Waals surface area contributed by atoms with Crippen LogP contribution in [0.15, 0.2) is 0 Å². The second kappa shape index (κ2) is 6.37. The molecule has 0 aromatic carbocycles. The smallest absolute Gasteiger partial charge is 0.0920 e. The molecular formula is C8H20N2O2. The highest BCUT2D eigenvalue weighted by molar-refractivity contribution is 4.67. The van der Waals surface area contributed by atoms with Crippen molar-refractivity contribution >= 4 is 0 Å². The fourth-order valence-corrected chi connectivity index (χ4v) is 0.966. The number of aliphatic hydroxyl groups excluding tert-OH is 2. The third-order valence-electron chi connectivity index (χ3n) is 1.79. The van der Waals surface area contributed by atoms with Gasteiger partial charge in [-0.05, 0) is 33.5 Å². The van der Waals surface area contributed by atoms with Crippen molar-refractivity contribution in [2.45, 2.75) is 25.0 Å². The lowest BCUT2D eigenvalue weighted by molar-refractivity contribution is 0.0183. The molecule has 4 nitrogen and oxygen atoms in total. The SMILES string of the molecule is CN(C)CCCC(O)C(O)CN. The van der Waals surface area contributed by atoms with Gasteiger partial charge >= 0.3 is 0 Å². The predicted octanol–water partition coefficient (Wildman–Crippen LogP) is -0.991. The molecule has 0 saturated heterocycles. The first-order chi connectivity index (χ1) is 5.57. The van der Waals surface area contributed by atoms with Gasteiger partial charge in [-0.25, -0.2) is 0 Å². The summed E-state index contributed by atoms with van der Waals surface area (Å²) in [4.78, 5) is 2.04. The van der Waals surface area contributed by atoms with Gasteiger partial charge in [0.15, 0.2) is 0 Å². The van der Waals surface area contributed by atoms with Crippen LogP contribution in [0.5, 0.6) is 0 Å². The lowest BCUT2D eigenvalue weighted by Gasteiger charge is -2.16. The van der Waals surface area contributed by atoms with Crippen molar-refractivity contribution in [3.63, 3.8) is 0 Å². The minimum Gasteiger partial charge on any atom is -0.390 e. The van der Waals surface area contributed by atoms with Crippen LogP contribution >= 0.6 is 0 Å². The van der Waals surface area contributed by atoms with E-state index in [1.54, 1.807) is 0 Å². The van der Waals surface area contributed by atoms with Crippen molar-refractivity contribution in [2.24, 2.45) is 5.73 Å². The molecule has 0 fully saturated rings. The van der Waals surface area contributed by atoms with Gasteiger partial charge in [-0.15, -0.1) is 0 Å². The molecule has 0 rings (SSSR count). The van der Waals surface area contributed by atoms with Gasteiger partial charge in [0, 0.05) is 6.54 Å². The molecule has 0 aromatic heterocycles. The first-order valence-electron chi connectivity index (χ1n) is 4.29. The third kappa shape index (κ3) is 5.49. The van der Waals surface area contributed by atoms with Crippen LogP contribution in [0.4, 0.5) is 0 Å². The van der Waals surface area contributed by atoms with E-state index < -0.39 is 12.2 Å². The summed E-state index contributed by atoms with van der Waals surface area (Å²) in [6.07, 6.45) is 0.0454. The van der Waals surface area contributed by atoms with Crippen LogP contribution in [0.2, 0.25) is 0 Å². The summed E-state index contributed by atoms with van der Waals surface area (Å²) in [6.45, 7) is 1.05. The summed E-state index contributed by atoms with van der Waals surface area (Å²) in [6, 6.07) is 0. The maximum absolute atomic E-state index is 9.28. The Morgan fingerprint density at radius 2 is 1.83 bits per heavy atom. The second-order valence-electron chi connectivity index (χ2n) is 3.32. The summed E-state index contributed by atoms with van der Waals surface area (Å²) in [5, 5.41) is 18.4. The maximum Gasteiger partial charge on any atom is 0.0920 e. The lowest BCUT2D eigenvalue weighted by atomic mass is 10.1. The van der Waals surface area contributed by atoms with E-state index in [0.29, 0.717) is 6.42 Å². The van der Waals surface area contributed by atoms with Crippen molar-refractivity contribution in [1.29, 1.82) is 0 Å². The molecule has 2 atom stereocenters. The van der Waals surface area contributed by atoms with Crippen LogP contribution in [0.1, 0.15) is 12.8 Å². The van der Waals surface area contributed by atoms with E-state index in [-0.39, 0.29) is 6.54 Å². The zero-order valence-corrected chi connectivity index (χ0v) is 7.90. The van der Waals surface area contributed by atoms with E-state index in [2.05, 4.69) is 0 Å². The predicted molar refractivity (Wildman–Crippen MR) is 48.9 cm³/mol. The third-order valence-corrected chi connectivity index (χ3v) is 1.79. The van der Waals surface area contributed by atoms with Crippen molar-refractivity contribution in [3.05, 3.63) is 0 Å². The molecule has 12 heavy (non-hydrogen) atoms. The van der Waals surface area contributed by atoms with E-state index in [4.69, 9.17) is 10.8 Å². The number of rotatable bonds is 6. The highest BCUT2D eigenvalue weighted by Gasteiger charge is 2.13.